The predicted octanol–water partition coefficient (Wildman–Crippen LogP) is 2.92. The number of aryl methyl sites for hydroxylation is 2. The fraction of sp³-hybridized carbons (Fsp3) is 0.565. The summed E-state index contributed by atoms with van der Waals surface area (Å²) in [6.45, 7) is 8.74. The molecule has 0 atom stereocenters. The van der Waals surface area contributed by atoms with E-state index in [1.54, 1.807) is 7.11 Å². The molecule has 1 aliphatic heterocycles. The molecule has 2 heterocycles. The van der Waals surface area contributed by atoms with Crippen LogP contribution in [0.4, 0.5) is 0 Å². The van der Waals surface area contributed by atoms with Gasteiger partial charge < -0.3 is 19.8 Å². The molecule has 0 aliphatic carbocycles. The van der Waals surface area contributed by atoms with Crippen molar-refractivity contribution in [3.8, 4) is 5.75 Å². The van der Waals surface area contributed by atoms with Gasteiger partial charge in [-0.3, -0.25) is 9.89 Å². The summed E-state index contributed by atoms with van der Waals surface area (Å²) in [5.41, 5.74) is 2.28. The summed E-state index contributed by atoms with van der Waals surface area (Å²) < 4.78 is 10.9. The molecule has 0 radical (unpaired) electrons. The molecule has 1 saturated heterocycles. The van der Waals surface area contributed by atoms with Crippen molar-refractivity contribution < 1.29 is 9.15 Å². The highest BCUT2D eigenvalue weighted by molar-refractivity contribution is 5.79. The molecule has 0 bridgehead atoms. The van der Waals surface area contributed by atoms with E-state index < -0.39 is 0 Å². The maximum absolute atomic E-state index is 5.72. The van der Waals surface area contributed by atoms with Crippen molar-refractivity contribution >= 4 is 5.96 Å². The first-order chi connectivity index (χ1) is 14.6. The number of aromatic nitrogens is 1. The molecule has 0 unspecified atom stereocenters. The number of piperidine rings is 1. The van der Waals surface area contributed by atoms with Crippen molar-refractivity contribution in [3.05, 3.63) is 47.2 Å². The number of aliphatic imine (C=N–C) groups is 1. The van der Waals surface area contributed by atoms with E-state index in [0.29, 0.717) is 5.92 Å². The second-order valence-electron chi connectivity index (χ2n) is 7.95. The molecule has 2 aromatic rings. The molecule has 0 spiro atoms. The minimum atomic E-state index is 0.662. The van der Waals surface area contributed by atoms with E-state index in [1.165, 1.54) is 18.4 Å². The molecule has 30 heavy (non-hydrogen) atoms. The number of hydrogen-bond acceptors (Lipinski definition) is 5. The van der Waals surface area contributed by atoms with Gasteiger partial charge in [-0.2, -0.15) is 0 Å². The normalized spacial score (nSPS) is 15.9. The van der Waals surface area contributed by atoms with E-state index in [2.05, 4.69) is 37.6 Å². The van der Waals surface area contributed by atoms with Crippen LogP contribution < -0.4 is 15.4 Å². The minimum absolute atomic E-state index is 0.662. The fourth-order valence-corrected chi connectivity index (χ4v) is 3.73. The van der Waals surface area contributed by atoms with Crippen LogP contribution in [0, 0.1) is 19.8 Å². The van der Waals surface area contributed by atoms with Crippen LogP contribution in [0.2, 0.25) is 0 Å². The smallest absolute Gasteiger partial charge is 0.208 e. The zero-order valence-corrected chi connectivity index (χ0v) is 18.7. The van der Waals surface area contributed by atoms with Gasteiger partial charge in [-0.1, -0.05) is 12.1 Å². The zero-order valence-electron chi connectivity index (χ0n) is 18.7. The van der Waals surface area contributed by atoms with Gasteiger partial charge in [0.1, 0.15) is 11.5 Å². The Morgan fingerprint density at radius 2 is 1.93 bits per heavy atom. The first-order valence-electron chi connectivity index (χ1n) is 10.8. The first-order valence-corrected chi connectivity index (χ1v) is 10.8. The molecule has 2 N–H and O–H groups in total. The van der Waals surface area contributed by atoms with E-state index in [1.807, 2.05) is 33.0 Å². The SMILES string of the molecule is CN=C(NCCc1ccc(OC)cc1)NCC1CCN(Cc2nc(C)c(C)o2)CC1. The van der Waals surface area contributed by atoms with Crippen LogP contribution in [-0.2, 0) is 13.0 Å². The van der Waals surface area contributed by atoms with Gasteiger partial charge in [-0.05, 0) is 69.8 Å². The number of oxazole rings is 1. The lowest BCUT2D eigenvalue weighted by molar-refractivity contribution is 0.164. The van der Waals surface area contributed by atoms with E-state index in [0.717, 1.165) is 68.2 Å². The number of nitrogens with one attached hydrogen (secondary N) is 2. The van der Waals surface area contributed by atoms with Gasteiger partial charge >= 0.3 is 0 Å². The Hall–Kier alpha value is -2.54. The van der Waals surface area contributed by atoms with Crippen molar-refractivity contribution in [1.82, 2.24) is 20.5 Å². The molecular weight excluding hydrogens is 378 g/mol. The summed E-state index contributed by atoms with van der Waals surface area (Å²) in [6, 6.07) is 8.20. The third-order valence-corrected chi connectivity index (χ3v) is 5.79. The number of nitrogens with zero attached hydrogens (tertiary/aromatic N) is 3. The summed E-state index contributed by atoms with van der Waals surface area (Å²) in [6.07, 6.45) is 3.30. The Morgan fingerprint density at radius 3 is 2.53 bits per heavy atom. The van der Waals surface area contributed by atoms with Crippen LogP contribution in [0.3, 0.4) is 0 Å². The Balaban J connectivity index is 1.33. The number of benzene rings is 1. The van der Waals surface area contributed by atoms with Crippen LogP contribution in [-0.4, -0.2) is 56.2 Å². The van der Waals surface area contributed by atoms with Crippen LogP contribution in [0.15, 0.2) is 33.7 Å². The van der Waals surface area contributed by atoms with Crippen LogP contribution in [0.5, 0.6) is 5.75 Å². The number of hydrogen-bond donors (Lipinski definition) is 2. The minimum Gasteiger partial charge on any atom is -0.497 e. The summed E-state index contributed by atoms with van der Waals surface area (Å²) in [5, 5.41) is 6.90. The highest BCUT2D eigenvalue weighted by atomic mass is 16.5. The van der Waals surface area contributed by atoms with Gasteiger partial charge in [0.2, 0.25) is 5.89 Å². The average Bonchev–Trinajstić information content (AvgIpc) is 3.08. The largest absolute Gasteiger partial charge is 0.497 e. The van der Waals surface area contributed by atoms with Crippen LogP contribution in [0.1, 0.15) is 35.7 Å². The molecule has 7 heteroatoms. The molecule has 1 aromatic carbocycles. The molecule has 7 nitrogen and oxygen atoms in total. The highest BCUT2D eigenvalue weighted by Crippen LogP contribution is 2.19. The van der Waals surface area contributed by atoms with E-state index in [9.17, 15) is 0 Å². The van der Waals surface area contributed by atoms with E-state index >= 15 is 0 Å². The lowest BCUT2D eigenvalue weighted by Gasteiger charge is -2.31. The molecular formula is C23H35N5O2. The number of rotatable bonds is 8. The lowest BCUT2D eigenvalue weighted by atomic mass is 9.97. The van der Waals surface area contributed by atoms with Gasteiger partial charge in [0.25, 0.3) is 0 Å². The Bertz CT molecular complexity index is 788. The van der Waals surface area contributed by atoms with Crippen LogP contribution >= 0.6 is 0 Å². The van der Waals surface area contributed by atoms with Gasteiger partial charge in [0.15, 0.2) is 5.96 Å². The zero-order chi connectivity index (χ0) is 21.3. The monoisotopic (exact) mass is 413 g/mol. The predicted molar refractivity (Wildman–Crippen MR) is 120 cm³/mol. The lowest BCUT2D eigenvalue weighted by Crippen LogP contribution is -2.43. The highest BCUT2D eigenvalue weighted by Gasteiger charge is 2.21. The van der Waals surface area contributed by atoms with Crippen molar-refractivity contribution in [1.29, 1.82) is 0 Å². The molecule has 1 aromatic heterocycles. The Labute approximate surface area is 179 Å². The summed E-state index contributed by atoms with van der Waals surface area (Å²) in [4.78, 5) is 11.3. The topological polar surface area (TPSA) is 74.9 Å². The van der Waals surface area contributed by atoms with Gasteiger partial charge in [-0.15, -0.1) is 0 Å². The molecule has 3 rings (SSSR count). The maximum Gasteiger partial charge on any atom is 0.208 e. The Kier molecular flexibility index (Phi) is 8.13. The Morgan fingerprint density at radius 1 is 1.20 bits per heavy atom. The summed E-state index contributed by atoms with van der Waals surface area (Å²) in [5.74, 6) is 4.19. The molecule has 164 valence electrons. The third-order valence-electron chi connectivity index (χ3n) is 5.79. The maximum atomic E-state index is 5.72. The van der Waals surface area contributed by atoms with Crippen molar-refractivity contribution in [2.24, 2.45) is 10.9 Å². The van der Waals surface area contributed by atoms with E-state index in [4.69, 9.17) is 9.15 Å². The van der Waals surface area contributed by atoms with Crippen molar-refractivity contribution in [2.75, 3.05) is 40.3 Å². The second-order valence-corrected chi connectivity index (χ2v) is 7.95. The number of ether oxygens (including phenoxy) is 1. The number of likely N-dealkylation sites (tertiary alicyclic amines) is 1. The summed E-state index contributed by atoms with van der Waals surface area (Å²) in [7, 11) is 3.51. The van der Waals surface area contributed by atoms with Crippen molar-refractivity contribution in [3.63, 3.8) is 0 Å². The average molecular weight is 414 g/mol. The van der Waals surface area contributed by atoms with Gasteiger partial charge in [-0.25, -0.2) is 4.98 Å². The van der Waals surface area contributed by atoms with Crippen LogP contribution in [0.25, 0.3) is 0 Å². The first kappa shape index (κ1) is 22.2. The van der Waals surface area contributed by atoms with Gasteiger partial charge in [0.05, 0.1) is 19.3 Å². The third kappa shape index (κ3) is 6.49. The second kappa shape index (κ2) is 11.0. The fourth-order valence-electron chi connectivity index (χ4n) is 3.73. The standard InChI is InChI=1S/C23H35N5O2/c1-17-18(2)30-22(27-17)16-28-13-10-20(11-14-28)15-26-23(24-3)25-12-9-19-5-7-21(29-4)8-6-19/h5-8,20H,9-16H2,1-4H3,(H2,24,25,26). The molecule has 0 amide bonds. The van der Waals surface area contributed by atoms with Gasteiger partial charge in [0, 0.05) is 20.1 Å². The molecule has 1 fully saturated rings. The molecule has 0 saturated carbocycles. The van der Waals surface area contributed by atoms with E-state index in [-0.39, 0.29) is 0 Å². The quantitative estimate of drug-likeness (QED) is 0.512. The summed E-state index contributed by atoms with van der Waals surface area (Å²) >= 11 is 0. The molecule has 1 aliphatic rings. The number of methoxy groups -OCH3 is 1. The van der Waals surface area contributed by atoms with Crippen molar-refractivity contribution in [2.45, 2.75) is 39.7 Å². The number of guanidine groups is 1.